The van der Waals surface area contributed by atoms with Crippen LogP contribution in [0.2, 0.25) is 0 Å². The second kappa shape index (κ2) is 4.31. The molecule has 0 saturated carbocycles. The minimum Gasteiger partial charge on any atom is -0.399 e. The highest BCUT2D eigenvalue weighted by Gasteiger charge is 2.28. The zero-order chi connectivity index (χ0) is 11.8. The zero-order valence-electron chi connectivity index (χ0n) is 10.5. The van der Waals surface area contributed by atoms with Crippen molar-refractivity contribution in [3.63, 3.8) is 0 Å². The van der Waals surface area contributed by atoms with Crippen LogP contribution in [0.3, 0.4) is 0 Å². The van der Waals surface area contributed by atoms with Crippen molar-refractivity contribution in [2.75, 3.05) is 32.4 Å². The molecule has 1 aromatic rings. The van der Waals surface area contributed by atoms with E-state index in [1.807, 2.05) is 6.07 Å². The van der Waals surface area contributed by atoms with Gasteiger partial charge in [0.2, 0.25) is 0 Å². The van der Waals surface area contributed by atoms with Gasteiger partial charge in [-0.1, -0.05) is 6.07 Å². The number of likely N-dealkylation sites (tertiary alicyclic amines) is 1. The van der Waals surface area contributed by atoms with Crippen LogP contribution in [0.15, 0.2) is 18.2 Å². The van der Waals surface area contributed by atoms with Crippen molar-refractivity contribution in [3.8, 4) is 0 Å². The molecule has 3 rings (SSSR count). The zero-order valence-corrected chi connectivity index (χ0v) is 10.5. The van der Waals surface area contributed by atoms with E-state index in [0.717, 1.165) is 24.7 Å². The second-order valence-electron chi connectivity index (χ2n) is 5.45. The predicted molar refractivity (Wildman–Crippen MR) is 70.9 cm³/mol. The van der Waals surface area contributed by atoms with Gasteiger partial charge in [-0.25, -0.2) is 0 Å². The van der Waals surface area contributed by atoms with E-state index in [-0.39, 0.29) is 0 Å². The average Bonchev–Trinajstić information content (AvgIpc) is 2.75. The lowest BCUT2D eigenvalue weighted by Crippen LogP contribution is -2.40. The summed E-state index contributed by atoms with van der Waals surface area (Å²) in [6, 6.07) is 7.14. The summed E-state index contributed by atoms with van der Waals surface area (Å²) in [4.78, 5) is 5.07. The number of hydrogen-bond donors (Lipinski definition) is 1. The van der Waals surface area contributed by atoms with Gasteiger partial charge in [-0.15, -0.1) is 0 Å². The Labute approximate surface area is 103 Å². The van der Waals surface area contributed by atoms with Gasteiger partial charge < -0.3 is 10.6 Å². The highest BCUT2D eigenvalue weighted by Crippen LogP contribution is 2.25. The maximum atomic E-state index is 5.84. The fourth-order valence-corrected chi connectivity index (χ4v) is 3.12. The van der Waals surface area contributed by atoms with Crippen molar-refractivity contribution >= 4 is 5.69 Å². The number of nitrogens with two attached hydrogens (primary N) is 1. The molecule has 1 aromatic carbocycles. The number of hydrogen-bond acceptors (Lipinski definition) is 3. The molecule has 1 atom stereocenters. The molecule has 0 spiro atoms. The minimum atomic E-state index is 0.755. The Morgan fingerprint density at radius 3 is 2.88 bits per heavy atom. The molecular weight excluding hydrogens is 210 g/mol. The summed E-state index contributed by atoms with van der Waals surface area (Å²) in [5.41, 5.74) is 9.66. The van der Waals surface area contributed by atoms with E-state index in [0.29, 0.717) is 0 Å². The van der Waals surface area contributed by atoms with Crippen LogP contribution in [0.1, 0.15) is 17.5 Å². The summed E-state index contributed by atoms with van der Waals surface area (Å²) in [5, 5.41) is 0. The van der Waals surface area contributed by atoms with Gasteiger partial charge in [-0.2, -0.15) is 0 Å². The van der Waals surface area contributed by atoms with Crippen molar-refractivity contribution in [1.29, 1.82) is 0 Å². The number of fused-ring (bicyclic) bond motifs is 1. The normalized spacial score (nSPS) is 26.1. The number of likely N-dealkylation sites (N-methyl/N-ethyl adjacent to an activating group) is 1. The smallest absolute Gasteiger partial charge is 0.0316 e. The van der Waals surface area contributed by atoms with Crippen LogP contribution in [0.4, 0.5) is 5.69 Å². The van der Waals surface area contributed by atoms with Crippen molar-refractivity contribution in [1.82, 2.24) is 9.80 Å². The topological polar surface area (TPSA) is 32.5 Å². The molecule has 0 aromatic heterocycles. The Bertz CT molecular complexity index is 416. The van der Waals surface area contributed by atoms with E-state index in [1.54, 1.807) is 0 Å². The van der Waals surface area contributed by atoms with Crippen molar-refractivity contribution in [2.45, 2.75) is 25.4 Å². The second-order valence-corrected chi connectivity index (χ2v) is 5.45. The standard InChI is InChI=1S/C14H21N3/c1-16-6-5-14(10-16)17-7-4-11-8-13(15)3-2-12(11)9-17/h2-3,8,14H,4-7,9-10,15H2,1H3. The molecule has 2 heterocycles. The highest BCUT2D eigenvalue weighted by molar-refractivity contribution is 5.45. The molecule has 0 aliphatic carbocycles. The van der Waals surface area contributed by atoms with Crippen LogP contribution >= 0.6 is 0 Å². The lowest BCUT2D eigenvalue weighted by atomic mass is 9.97. The molecule has 1 fully saturated rings. The molecule has 2 aliphatic heterocycles. The Morgan fingerprint density at radius 2 is 2.12 bits per heavy atom. The van der Waals surface area contributed by atoms with E-state index in [4.69, 9.17) is 5.73 Å². The van der Waals surface area contributed by atoms with Gasteiger partial charge >= 0.3 is 0 Å². The van der Waals surface area contributed by atoms with Crippen LogP contribution in [0, 0.1) is 0 Å². The van der Waals surface area contributed by atoms with Crippen molar-refractivity contribution in [2.24, 2.45) is 0 Å². The third-order valence-electron chi connectivity index (χ3n) is 4.15. The maximum absolute atomic E-state index is 5.84. The molecule has 92 valence electrons. The summed E-state index contributed by atoms with van der Waals surface area (Å²) >= 11 is 0. The van der Waals surface area contributed by atoms with Gasteiger partial charge in [0.25, 0.3) is 0 Å². The summed E-state index contributed by atoms with van der Waals surface area (Å²) in [5.74, 6) is 0. The molecule has 1 saturated heterocycles. The van der Waals surface area contributed by atoms with Crippen LogP contribution in [-0.2, 0) is 13.0 Å². The SMILES string of the molecule is CN1CCC(N2CCc3cc(N)ccc3C2)C1. The Morgan fingerprint density at radius 1 is 1.24 bits per heavy atom. The number of nitrogen functional groups attached to an aromatic ring is 1. The molecule has 0 bridgehead atoms. The van der Waals surface area contributed by atoms with Gasteiger partial charge in [0.15, 0.2) is 0 Å². The fraction of sp³-hybridized carbons (Fsp3) is 0.571. The highest BCUT2D eigenvalue weighted by atomic mass is 15.2. The third kappa shape index (κ3) is 2.17. The number of anilines is 1. The molecule has 0 amide bonds. The average molecular weight is 231 g/mol. The first-order chi connectivity index (χ1) is 8.22. The van der Waals surface area contributed by atoms with Gasteiger partial charge in [0.05, 0.1) is 0 Å². The quantitative estimate of drug-likeness (QED) is 0.740. The number of rotatable bonds is 1. The van der Waals surface area contributed by atoms with E-state index < -0.39 is 0 Å². The lowest BCUT2D eigenvalue weighted by molar-refractivity contribution is 0.181. The van der Waals surface area contributed by atoms with E-state index >= 15 is 0 Å². The van der Waals surface area contributed by atoms with Crippen LogP contribution in [0.5, 0.6) is 0 Å². The molecular formula is C14H21N3. The molecule has 3 heteroatoms. The summed E-state index contributed by atoms with van der Waals surface area (Å²) in [6.45, 7) is 4.77. The molecule has 2 N–H and O–H groups in total. The van der Waals surface area contributed by atoms with Crippen LogP contribution in [0.25, 0.3) is 0 Å². The third-order valence-corrected chi connectivity index (χ3v) is 4.15. The molecule has 17 heavy (non-hydrogen) atoms. The molecule has 0 radical (unpaired) electrons. The first-order valence-corrected chi connectivity index (χ1v) is 6.52. The fourth-order valence-electron chi connectivity index (χ4n) is 3.12. The molecule has 1 unspecified atom stereocenters. The lowest BCUT2D eigenvalue weighted by Gasteiger charge is -2.33. The van der Waals surface area contributed by atoms with Gasteiger partial charge in [-0.3, -0.25) is 4.90 Å². The Balaban J connectivity index is 1.74. The predicted octanol–water partition coefficient (Wildman–Crippen LogP) is 1.33. The first kappa shape index (κ1) is 11.1. The monoisotopic (exact) mass is 231 g/mol. The first-order valence-electron chi connectivity index (χ1n) is 6.52. The van der Waals surface area contributed by atoms with Gasteiger partial charge in [-0.05, 0) is 49.7 Å². The Hall–Kier alpha value is -1.06. The van der Waals surface area contributed by atoms with E-state index in [2.05, 4.69) is 29.0 Å². The van der Waals surface area contributed by atoms with Gasteiger partial charge in [0.1, 0.15) is 0 Å². The summed E-state index contributed by atoms with van der Waals surface area (Å²) in [7, 11) is 2.22. The summed E-state index contributed by atoms with van der Waals surface area (Å²) in [6.07, 6.45) is 2.47. The van der Waals surface area contributed by atoms with Gasteiger partial charge in [0, 0.05) is 31.4 Å². The number of benzene rings is 1. The maximum Gasteiger partial charge on any atom is 0.0316 e. The molecule has 3 nitrogen and oxygen atoms in total. The molecule has 2 aliphatic rings. The summed E-state index contributed by atoms with van der Waals surface area (Å²) < 4.78 is 0. The minimum absolute atomic E-state index is 0.755. The van der Waals surface area contributed by atoms with Crippen LogP contribution < -0.4 is 5.73 Å². The van der Waals surface area contributed by atoms with E-state index in [9.17, 15) is 0 Å². The van der Waals surface area contributed by atoms with Crippen LogP contribution in [-0.4, -0.2) is 42.5 Å². The van der Waals surface area contributed by atoms with Crippen molar-refractivity contribution < 1.29 is 0 Å². The largest absolute Gasteiger partial charge is 0.399 e. The van der Waals surface area contributed by atoms with Crippen molar-refractivity contribution in [3.05, 3.63) is 29.3 Å². The Kier molecular flexibility index (Phi) is 2.81. The van der Waals surface area contributed by atoms with E-state index in [1.165, 1.54) is 37.2 Å². The number of nitrogens with zero attached hydrogens (tertiary/aromatic N) is 2.